The number of carboxylic acid groups (broad SMARTS) is 1. The van der Waals surface area contributed by atoms with E-state index in [4.69, 9.17) is 18.9 Å². The highest BCUT2D eigenvalue weighted by Gasteiger charge is 2.56. The first-order valence-corrected chi connectivity index (χ1v) is 9.19. The van der Waals surface area contributed by atoms with Gasteiger partial charge in [-0.15, -0.1) is 0 Å². The standard InChI is InChI=1S/C18H24O12/c1-7(20)28-6-18(26)3-2-8-9(15(24)25)5-27-16(11(8)18)30-17-14(23)13(22)12(21)10(4-19)29-17/h2-3,5,8,10-14,16-17,19,21-23,26H,4,6H2,1H3,(H,24,25). The van der Waals surface area contributed by atoms with Crippen molar-refractivity contribution in [3.8, 4) is 0 Å². The summed E-state index contributed by atoms with van der Waals surface area (Å²) in [5, 5.41) is 59.7. The summed E-state index contributed by atoms with van der Waals surface area (Å²) in [6, 6.07) is 0. The molecule has 1 aliphatic carbocycles. The number of hydrogen-bond donors (Lipinski definition) is 6. The van der Waals surface area contributed by atoms with E-state index in [9.17, 15) is 40.2 Å². The lowest BCUT2D eigenvalue weighted by atomic mass is 9.79. The molecule has 2 aliphatic heterocycles. The van der Waals surface area contributed by atoms with Gasteiger partial charge in [0.1, 0.15) is 36.6 Å². The maximum Gasteiger partial charge on any atom is 0.335 e. The van der Waals surface area contributed by atoms with Crippen molar-refractivity contribution in [3.63, 3.8) is 0 Å². The molecule has 0 amide bonds. The van der Waals surface area contributed by atoms with E-state index in [1.54, 1.807) is 0 Å². The van der Waals surface area contributed by atoms with Crippen molar-refractivity contribution in [1.29, 1.82) is 0 Å². The first-order valence-electron chi connectivity index (χ1n) is 9.19. The van der Waals surface area contributed by atoms with Gasteiger partial charge < -0.3 is 49.6 Å². The number of rotatable bonds is 6. The van der Waals surface area contributed by atoms with Crippen LogP contribution in [0.3, 0.4) is 0 Å². The lowest BCUT2D eigenvalue weighted by Crippen LogP contribution is -2.61. The zero-order chi connectivity index (χ0) is 22.2. The summed E-state index contributed by atoms with van der Waals surface area (Å²) >= 11 is 0. The number of fused-ring (bicyclic) bond motifs is 1. The Balaban J connectivity index is 1.86. The SMILES string of the molecule is CC(=O)OCC1(O)C=CC2C(C(=O)O)=COC(OC3OC(CO)C(O)C(O)C3O)C21. The molecule has 0 bridgehead atoms. The maximum atomic E-state index is 11.5. The summed E-state index contributed by atoms with van der Waals surface area (Å²) < 4.78 is 21.1. The van der Waals surface area contributed by atoms with Crippen LogP contribution in [0, 0.1) is 11.8 Å². The van der Waals surface area contributed by atoms with Gasteiger partial charge in [-0.1, -0.05) is 12.2 Å². The Bertz CT molecular complexity index is 733. The van der Waals surface area contributed by atoms with Crippen LogP contribution in [0.15, 0.2) is 24.0 Å². The summed E-state index contributed by atoms with van der Waals surface area (Å²) in [6.07, 6.45) is -5.62. The first-order chi connectivity index (χ1) is 14.1. The van der Waals surface area contributed by atoms with Crippen molar-refractivity contribution in [3.05, 3.63) is 24.0 Å². The molecule has 9 unspecified atom stereocenters. The van der Waals surface area contributed by atoms with Gasteiger partial charge >= 0.3 is 11.9 Å². The average molecular weight is 432 g/mol. The molecule has 12 nitrogen and oxygen atoms in total. The molecule has 3 aliphatic rings. The number of carboxylic acids is 1. The molecule has 3 rings (SSSR count). The molecule has 6 N–H and O–H groups in total. The minimum atomic E-state index is -1.86. The fourth-order valence-corrected chi connectivity index (χ4v) is 3.80. The van der Waals surface area contributed by atoms with Crippen LogP contribution in [-0.2, 0) is 28.5 Å². The third-order valence-electron chi connectivity index (χ3n) is 5.41. The molecule has 30 heavy (non-hydrogen) atoms. The highest BCUT2D eigenvalue weighted by atomic mass is 16.8. The number of ether oxygens (including phenoxy) is 4. The van der Waals surface area contributed by atoms with Crippen molar-refractivity contribution < 1.29 is 59.2 Å². The van der Waals surface area contributed by atoms with E-state index in [2.05, 4.69) is 0 Å². The van der Waals surface area contributed by atoms with E-state index >= 15 is 0 Å². The fraction of sp³-hybridized carbons (Fsp3) is 0.667. The van der Waals surface area contributed by atoms with Crippen LogP contribution in [0.25, 0.3) is 0 Å². The summed E-state index contributed by atoms with van der Waals surface area (Å²) in [7, 11) is 0. The van der Waals surface area contributed by atoms with Crippen molar-refractivity contribution >= 4 is 11.9 Å². The van der Waals surface area contributed by atoms with Crippen LogP contribution in [0.4, 0.5) is 0 Å². The predicted molar refractivity (Wildman–Crippen MR) is 93.1 cm³/mol. The first kappa shape index (κ1) is 22.6. The predicted octanol–water partition coefficient (Wildman–Crippen LogP) is -2.78. The van der Waals surface area contributed by atoms with Crippen molar-refractivity contribution in [2.45, 2.75) is 49.5 Å². The quantitative estimate of drug-likeness (QED) is 0.187. The second-order valence-electron chi connectivity index (χ2n) is 7.40. The number of carbonyl (C=O) groups is 2. The second-order valence-corrected chi connectivity index (χ2v) is 7.40. The van der Waals surface area contributed by atoms with Crippen LogP contribution >= 0.6 is 0 Å². The molecule has 0 spiro atoms. The largest absolute Gasteiger partial charge is 0.478 e. The van der Waals surface area contributed by atoms with Crippen LogP contribution in [0.5, 0.6) is 0 Å². The van der Waals surface area contributed by atoms with E-state index in [0.717, 1.165) is 13.2 Å². The molecule has 0 radical (unpaired) electrons. The van der Waals surface area contributed by atoms with Crippen molar-refractivity contribution in [2.75, 3.05) is 13.2 Å². The van der Waals surface area contributed by atoms with E-state index in [1.807, 2.05) is 0 Å². The van der Waals surface area contributed by atoms with Gasteiger partial charge in [0.15, 0.2) is 6.29 Å². The molecular formula is C18H24O12. The third-order valence-corrected chi connectivity index (χ3v) is 5.41. The Labute approximate surface area is 170 Å². The molecule has 1 fully saturated rings. The van der Waals surface area contributed by atoms with E-state index in [1.165, 1.54) is 12.2 Å². The minimum absolute atomic E-state index is 0.177. The van der Waals surface area contributed by atoms with E-state index < -0.39 is 79.6 Å². The number of aliphatic hydroxyl groups excluding tert-OH is 4. The minimum Gasteiger partial charge on any atom is -0.478 e. The molecule has 0 aromatic heterocycles. The molecule has 0 aromatic carbocycles. The Hall–Kier alpha value is -2.06. The maximum absolute atomic E-state index is 11.5. The van der Waals surface area contributed by atoms with E-state index in [-0.39, 0.29) is 5.57 Å². The molecule has 9 atom stereocenters. The molecule has 0 saturated carbocycles. The topological polar surface area (TPSA) is 192 Å². The Morgan fingerprint density at radius 3 is 2.47 bits per heavy atom. The summed E-state index contributed by atoms with van der Waals surface area (Å²) in [5.74, 6) is -3.96. The Morgan fingerprint density at radius 2 is 1.87 bits per heavy atom. The zero-order valence-electron chi connectivity index (χ0n) is 15.9. The Kier molecular flexibility index (Phi) is 6.48. The third kappa shape index (κ3) is 4.07. The molecule has 1 saturated heterocycles. The summed E-state index contributed by atoms with van der Waals surface area (Å²) in [6.45, 7) is -0.0460. The normalized spacial score (nSPS) is 42.8. The van der Waals surface area contributed by atoms with Crippen molar-refractivity contribution in [1.82, 2.24) is 0 Å². The van der Waals surface area contributed by atoms with Gasteiger partial charge in [-0.2, -0.15) is 0 Å². The highest BCUT2D eigenvalue weighted by Crippen LogP contribution is 2.45. The molecule has 168 valence electrons. The van der Waals surface area contributed by atoms with Crippen molar-refractivity contribution in [2.24, 2.45) is 11.8 Å². The van der Waals surface area contributed by atoms with Crippen LogP contribution in [-0.4, -0.2) is 98.4 Å². The number of hydrogen-bond acceptors (Lipinski definition) is 11. The average Bonchev–Trinajstić information content (AvgIpc) is 3.05. The summed E-state index contributed by atoms with van der Waals surface area (Å²) in [4.78, 5) is 22.7. The number of esters is 1. The smallest absolute Gasteiger partial charge is 0.335 e. The highest BCUT2D eigenvalue weighted by molar-refractivity contribution is 5.87. The number of aliphatic carboxylic acids is 1. The van der Waals surface area contributed by atoms with Gasteiger partial charge in [0.25, 0.3) is 0 Å². The monoisotopic (exact) mass is 432 g/mol. The second kappa shape index (κ2) is 8.59. The van der Waals surface area contributed by atoms with Crippen LogP contribution in [0.2, 0.25) is 0 Å². The van der Waals surface area contributed by atoms with Gasteiger partial charge in [0.2, 0.25) is 6.29 Å². The fourth-order valence-electron chi connectivity index (χ4n) is 3.80. The molecular weight excluding hydrogens is 408 g/mol. The van der Waals surface area contributed by atoms with Gasteiger partial charge in [0.05, 0.1) is 24.4 Å². The number of carbonyl (C=O) groups excluding carboxylic acids is 1. The van der Waals surface area contributed by atoms with Crippen LogP contribution in [0.1, 0.15) is 6.92 Å². The van der Waals surface area contributed by atoms with E-state index in [0.29, 0.717) is 0 Å². The molecule has 12 heteroatoms. The van der Waals surface area contributed by atoms with Gasteiger partial charge in [-0.25, -0.2) is 4.79 Å². The Morgan fingerprint density at radius 1 is 1.17 bits per heavy atom. The number of aliphatic hydroxyl groups is 5. The van der Waals surface area contributed by atoms with Crippen LogP contribution < -0.4 is 0 Å². The molecule has 2 heterocycles. The van der Waals surface area contributed by atoms with Gasteiger partial charge in [-0.3, -0.25) is 4.79 Å². The lowest BCUT2D eigenvalue weighted by molar-refractivity contribution is -0.346. The molecule has 0 aromatic rings. The van der Waals surface area contributed by atoms with Gasteiger partial charge in [0, 0.05) is 12.8 Å². The zero-order valence-corrected chi connectivity index (χ0v) is 15.9. The number of allylic oxidation sites excluding steroid dienone is 1. The van der Waals surface area contributed by atoms with Gasteiger partial charge in [-0.05, 0) is 0 Å². The lowest BCUT2D eigenvalue weighted by Gasteiger charge is -2.44. The summed E-state index contributed by atoms with van der Waals surface area (Å²) in [5.41, 5.74) is -2.03.